The standard InChI is InChI=1S/C24H20F3N7OS/c1-13(2)16-6-4-5-7-17(16)21-30-10-18-22(31-21)33(23(35)36-18)12-15-9-29-20(11-28-15)34-14(3)8-19(32-34)24(25,26)27/h4-11,13H,12H2,1-3H3. The normalized spacial score (nSPS) is 12.1. The maximum absolute atomic E-state index is 13.0. The number of thiazole rings is 1. The van der Waals surface area contributed by atoms with Crippen LogP contribution in [-0.4, -0.2) is 34.3 Å². The lowest BCUT2D eigenvalue weighted by Crippen LogP contribution is -2.16. The Morgan fingerprint density at radius 2 is 1.83 bits per heavy atom. The molecule has 8 nitrogen and oxygen atoms in total. The average Bonchev–Trinajstić information content (AvgIpc) is 3.39. The minimum Gasteiger partial charge on any atom is -0.277 e. The fourth-order valence-electron chi connectivity index (χ4n) is 3.88. The molecular weight excluding hydrogens is 491 g/mol. The van der Waals surface area contributed by atoms with E-state index in [0.717, 1.165) is 33.2 Å². The SMILES string of the molecule is Cc1cc(C(F)(F)F)nn1-c1cnc(Cn2c(=O)sc3cnc(-c4ccccc4C(C)C)nc32)cn1. The van der Waals surface area contributed by atoms with Gasteiger partial charge < -0.3 is 0 Å². The maximum atomic E-state index is 13.0. The first-order chi connectivity index (χ1) is 17.1. The second kappa shape index (κ2) is 8.94. The largest absolute Gasteiger partial charge is 0.435 e. The predicted octanol–water partition coefficient (Wildman–Crippen LogP) is 4.99. The van der Waals surface area contributed by atoms with Gasteiger partial charge in [-0.05, 0) is 24.5 Å². The summed E-state index contributed by atoms with van der Waals surface area (Å²) < 4.78 is 42.2. The van der Waals surface area contributed by atoms with E-state index in [1.54, 1.807) is 6.20 Å². The van der Waals surface area contributed by atoms with Crippen LogP contribution < -0.4 is 4.87 Å². The third-order valence-corrected chi connectivity index (χ3v) is 6.54. The van der Waals surface area contributed by atoms with E-state index in [-0.39, 0.29) is 28.8 Å². The summed E-state index contributed by atoms with van der Waals surface area (Å²) in [5.41, 5.74) is 2.20. The van der Waals surface area contributed by atoms with Gasteiger partial charge in [-0.1, -0.05) is 49.4 Å². The summed E-state index contributed by atoms with van der Waals surface area (Å²) in [7, 11) is 0. The van der Waals surface area contributed by atoms with Gasteiger partial charge in [0, 0.05) is 11.3 Å². The summed E-state index contributed by atoms with van der Waals surface area (Å²) in [6.07, 6.45) is -0.171. The Morgan fingerprint density at radius 3 is 2.50 bits per heavy atom. The quantitative estimate of drug-likeness (QED) is 0.330. The summed E-state index contributed by atoms with van der Waals surface area (Å²) in [6.45, 7) is 5.79. The molecule has 4 heterocycles. The first-order valence-corrected chi connectivity index (χ1v) is 11.8. The molecular formula is C24H20F3N7OS. The third kappa shape index (κ3) is 4.39. The van der Waals surface area contributed by atoms with Gasteiger partial charge in [-0.15, -0.1) is 0 Å². The Labute approximate surface area is 207 Å². The van der Waals surface area contributed by atoms with Gasteiger partial charge in [0.15, 0.2) is 23.0 Å². The minimum atomic E-state index is -4.55. The number of hydrogen-bond donors (Lipinski definition) is 0. The van der Waals surface area contributed by atoms with Crippen molar-refractivity contribution in [1.29, 1.82) is 0 Å². The molecule has 0 bridgehead atoms. The second-order valence-electron chi connectivity index (χ2n) is 8.52. The monoisotopic (exact) mass is 511 g/mol. The van der Waals surface area contributed by atoms with E-state index in [2.05, 4.69) is 33.9 Å². The highest BCUT2D eigenvalue weighted by atomic mass is 32.1. The molecule has 0 aliphatic carbocycles. The summed E-state index contributed by atoms with van der Waals surface area (Å²) >= 11 is 1.03. The van der Waals surface area contributed by atoms with Crippen molar-refractivity contribution in [2.45, 2.75) is 39.4 Å². The molecule has 36 heavy (non-hydrogen) atoms. The van der Waals surface area contributed by atoms with E-state index in [0.29, 0.717) is 21.9 Å². The Bertz CT molecular complexity index is 1620. The van der Waals surface area contributed by atoms with Crippen molar-refractivity contribution in [2.24, 2.45) is 0 Å². The van der Waals surface area contributed by atoms with Crippen molar-refractivity contribution in [3.05, 3.63) is 81.2 Å². The molecule has 1 aromatic carbocycles. The number of halogens is 3. The molecule has 184 valence electrons. The molecule has 0 unspecified atom stereocenters. The van der Waals surface area contributed by atoms with Crippen molar-refractivity contribution in [3.63, 3.8) is 0 Å². The van der Waals surface area contributed by atoms with Gasteiger partial charge in [-0.2, -0.15) is 18.3 Å². The first kappa shape index (κ1) is 23.8. The van der Waals surface area contributed by atoms with Crippen LogP contribution >= 0.6 is 11.3 Å². The number of aromatic nitrogens is 7. The number of hydrogen-bond acceptors (Lipinski definition) is 7. The molecule has 12 heteroatoms. The third-order valence-electron chi connectivity index (χ3n) is 5.64. The Kier molecular flexibility index (Phi) is 5.91. The summed E-state index contributed by atoms with van der Waals surface area (Å²) in [5, 5.41) is 3.59. The Morgan fingerprint density at radius 1 is 1.06 bits per heavy atom. The van der Waals surface area contributed by atoms with Crippen molar-refractivity contribution in [3.8, 4) is 17.2 Å². The Balaban J connectivity index is 1.48. The van der Waals surface area contributed by atoms with Gasteiger partial charge in [0.25, 0.3) is 0 Å². The van der Waals surface area contributed by atoms with Gasteiger partial charge in [0.1, 0.15) is 0 Å². The fraction of sp³-hybridized carbons (Fsp3) is 0.250. The highest BCUT2D eigenvalue weighted by molar-refractivity contribution is 7.16. The van der Waals surface area contributed by atoms with Crippen LogP contribution in [0.3, 0.4) is 0 Å². The molecule has 0 spiro atoms. The van der Waals surface area contributed by atoms with Crippen molar-refractivity contribution in [1.82, 2.24) is 34.3 Å². The van der Waals surface area contributed by atoms with E-state index in [1.165, 1.54) is 23.9 Å². The smallest absolute Gasteiger partial charge is 0.277 e. The number of fused-ring (bicyclic) bond motifs is 1. The zero-order valence-corrected chi connectivity index (χ0v) is 20.3. The molecule has 0 aliphatic heterocycles. The number of alkyl halides is 3. The molecule has 0 radical (unpaired) electrons. The number of aryl methyl sites for hydroxylation is 1. The molecule has 0 aliphatic rings. The van der Waals surface area contributed by atoms with Crippen LogP contribution in [0.1, 0.15) is 42.4 Å². The molecule has 0 atom stereocenters. The van der Waals surface area contributed by atoms with Crippen LogP contribution in [0.4, 0.5) is 13.2 Å². The molecule has 0 amide bonds. The van der Waals surface area contributed by atoms with Gasteiger partial charge in [-0.3, -0.25) is 14.3 Å². The average molecular weight is 512 g/mol. The number of benzene rings is 1. The topological polar surface area (TPSA) is 91.4 Å². The summed E-state index contributed by atoms with van der Waals surface area (Å²) in [5.74, 6) is 0.933. The number of rotatable bonds is 5. The predicted molar refractivity (Wildman–Crippen MR) is 129 cm³/mol. The lowest BCUT2D eigenvalue weighted by atomic mass is 9.97. The lowest BCUT2D eigenvalue weighted by molar-refractivity contribution is -0.141. The van der Waals surface area contributed by atoms with Crippen LogP contribution in [0.2, 0.25) is 0 Å². The zero-order valence-electron chi connectivity index (χ0n) is 19.5. The molecule has 0 fully saturated rings. The van der Waals surface area contributed by atoms with Crippen LogP contribution in [0.15, 0.2) is 53.7 Å². The van der Waals surface area contributed by atoms with Crippen LogP contribution in [0.25, 0.3) is 27.6 Å². The van der Waals surface area contributed by atoms with E-state index in [9.17, 15) is 18.0 Å². The summed E-state index contributed by atoms with van der Waals surface area (Å²) in [4.78, 5) is 30.2. The van der Waals surface area contributed by atoms with Gasteiger partial charge in [0.2, 0.25) is 0 Å². The van der Waals surface area contributed by atoms with E-state index in [4.69, 9.17) is 4.98 Å². The van der Waals surface area contributed by atoms with Crippen molar-refractivity contribution >= 4 is 21.7 Å². The van der Waals surface area contributed by atoms with Crippen LogP contribution in [-0.2, 0) is 12.7 Å². The molecule has 0 saturated heterocycles. The molecule has 5 rings (SSSR count). The van der Waals surface area contributed by atoms with Crippen LogP contribution in [0.5, 0.6) is 0 Å². The fourth-order valence-corrected chi connectivity index (χ4v) is 4.68. The van der Waals surface area contributed by atoms with E-state index >= 15 is 0 Å². The molecule has 5 aromatic rings. The first-order valence-electron chi connectivity index (χ1n) is 11.0. The molecule has 0 N–H and O–H groups in total. The summed E-state index contributed by atoms with van der Waals surface area (Å²) in [6, 6.07) is 8.82. The van der Waals surface area contributed by atoms with Gasteiger partial charge >= 0.3 is 11.0 Å². The molecule has 4 aromatic heterocycles. The van der Waals surface area contributed by atoms with E-state index < -0.39 is 11.9 Å². The van der Waals surface area contributed by atoms with Crippen LogP contribution in [0, 0.1) is 6.92 Å². The lowest BCUT2D eigenvalue weighted by Gasteiger charge is -2.11. The highest BCUT2D eigenvalue weighted by Crippen LogP contribution is 2.30. The van der Waals surface area contributed by atoms with Gasteiger partial charge in [-0.25, -0.2) is 19.6 Å². The van der Waals surface area contributed by atoms with E-state index in [1.807, 2.05) is 24.3 Å². The number of nitrogens with zero attached hydrogens (tertiary/aromatic N) is 7. The minimum absolute atomic E-state index is 0.0975. The second-order valence-corrected chi connectivity index (χ2v) is 9.52. The van der Waals surface area contributed by atoms with Gasteiger partial charge in [0.05, 0.1) is 35.5 Å². The highest BCUT2D eigenvalue weighted by Gasteiger charge is 2.34. The molecule has 0 saturated carbocycles. The zero-order chi connectivity index (χ0) is 25.6. The Hall–Kier alpha value is -3.93. The van der Waals surface area contributed by atoms with Crippen molar-refractivity contribution in [2.75, 3.05) is 0 Å². The maximum Gasteiger partial charge on any atom is 0.435 e. The van der Waals surface area contributed by atoms with Crippen molar-refractivity contribution < 1.29 is 13.2 Å².